The minimum atomic E-state index is -0.614. The van der Waals surface area contributed by atoms with E-state index in [0.29, 0.717) is 18.9 Å². The van der Waals surface area contributed by atoms with E-state index in [1.165, 1.54) is 0 Å². The van der Waals surface area contributed by atoms with Crippen molar-refractivity contribution in [2.45, 2.75) is 71.6 Å². The molecule has 7 heteroatoms. The SMILES string of the molecule is CCCCN(C(=O)OC(C)(C)C)c1ncccc1[C@@H]1CCCN1C(=O)OCc1ccccc1. The van der Waals surface area contributed by atoms with Crippen LogP contribution in [0.15, 0.2) is 48.7 Å². The van der Waals surface area contributed by atoms with Crippen LogP contribution in [0.5, 0.6) is 0 Å². The van der Waals surface area contributed by atoms with E-state index in [-0.39, 0.29) is 18.7 Å². The molecule has 1 aromatic carbocycles. The molecule has 1 aliphatic heterocycles. The van der Waals surface area contributed by atoms with Crippen molar-refractivity contribution in [1.29, 1.82) is 0 Å². The van der Waals surface area contributed by atoms with Gasteiger partial charge in [-0.05, 0) is 51.7 Å². The number of rotatable bonds is 7. The van der Waals surface area contributed by atoms with Crippen LogP contribution >= 0.6 is 0 Å². The minimum Gasteiger partial charge on any atom is -0.445 e. The Labute approximate surface area is 196 Å². The molecule has 0 aliphatic carbocycles. The van der Waals surface area contributed by atoms with Crippen molar-refractivity contribution < 1.29 is 19.1 Å². The third kappa shape index (κ3) is 6.70. The summed E-state index contributed by atoms with van der Waals surface area (Å²) in [6.07, 6.45) is 4.30. The average molecular weight is 454 g/mol. The number of benzene rings is 1. The van der Waals surface area contributed by atoms with Crippen molar-refractivity contribution in [3.8, 4) is 0 Å². The number of ether oxygens (including phenoxy) is 2. The van der Waals surface area contributed by atoms with Crippen molar-refractivity contribution in [1.82, 2.24) is 9.88 Å². The zero-order valence-electron chi connectivity index (χ0n) is 20.1. The molecule has 1 aromatic heterocycles. The molecule has 3 rings (SSSR count). The van der Waals surface area contributed by atoms with Gasteiger partial charge < -0.3 is 14.4 Å². The third-order valence-corrected chi connectivity index (χ3v) is 5.47. The maximum Gasteiger partial charge on any atom is 0.416 e. The number of nitrogens with zero attached hydrogens (tertiary/aromatic N) is 3. The predicted molar refractivity (Wildman–Crippen MR) is 128 cm³/mol. The van der Waals surface area contributed by atoms with E-state index >= 15 is 0 Å². The van der Waals surface area contributed by atoms with Gasteiger partial charge in [-0.25, -0.2) is 14.6 Å². The molecule has 0 bridgehead atoms. The Bertz CT molecular complexity index is 927. The molecule has 2 heterocycles. The molecule has 178 valence electrons. The summed E-state index contributed by atoms with van der Waals surface area (Å²) in [5, 5.41) is 0. The van der Waals surface area contributed by atoms with Gasteiger partial charge in [0, 0.05) is 24.8 Å². The van der Waals surface area contributed by atoms with E-state index in [0.717, 1.165) is 36.8 Å². The van der Waals surface area contributed by atoms with Crippen LogP contribution in [-0.4, -0.2) is 40.8 Å². The topological polar surface area (TPSA) is 72.0 Å². The van der Waals surface area contributed by atoms with Gasteiger partial charge in [0.05, 0.1) is 6.04 Å². The fraction of sp³-hybridized carbons (Fsp3) is 0.500. The summed E-state index contributed by atoms with van der Waals surface area (Å²) in [5.74, 6) is 0.549. The van der Waals surface area contributed by atoms with Gasteiger partial charge in [0.25, 0.3) is 0 Å². The Balaban J connectivity index is 1.82. The normalized spacial score (nSPS) is 15.9. The summed E-state index contributed by atoms with van der Waals surface area (Å²) in [7, 11) is 0. The minimum absolute atomic E-state index is 0.205. The van der Waals surface area contributed by atoms with Crippen LogP contribution in [0.4, 0.5) is 15.4 Å². The number of likely N-dealkylation sites (tertiary alicyclic amines) is 1. The molecule has 7 nitrogen and oxygen atoms in total. The van der Waals surface area contributed by atoms with Crippen molar-refractivity contribution in [2.75, 3.05) is 18.0 Å². The lowest BCUT2D eigenvalue weighted by Crippen LogP contribution is -2.39. The quantitative estimate of drug-likeness (QED) is 0.507. The van der Waals surface area contributed by atoms with Gasteiger partial charge in [0.1, 0.15) is 18.0 Å². The van der Waals surface area contributed by atoms with Crippen LogP contribution in [0.3, 0.4) is 0 Å². The second kappa shape index (κ2) is 11.2. The van der Waals surface area contributed by atoms with Crippen LogP contribution in [0.1, 0.15) is 70.5 Å². The van der Waals surface area contributed by atoms with Crippen LogP contribution in [0.25, 0.3) is 0 Å². The summed E-state index contributed by atoms with van der Waals surface area (Å²) in [6.45, 7) is 8.96. The van der Waals surface area contributed by atoms with E-state index in [1.54, 1.807) is 16.0 Å². The first-order valence-electron chi connectivity index (χ1n) is 11.7. The lowest BCUT2D eigenvalue weighted by molar-refractivity contribution is 0.0578. The monoisotopic (exact) mass is 453 g/mol. The molecule has 1 aliphatic rings. The number of unbranched alkanes of at least 4 members (excludes halogenated alkanes) is 1. The highest BCUT2D eigenvalue weighted by Gasteiger charge is 2.35. The Morgan fingerprint density at radius 1 is 1.15 bits per heavy atom. The van der Waals surface area contributed by atoms with Crippen molar-refractivity contribution in [3.05, 3.63) is 59.8 Å². The summed E-state index contributed by atoms with van der Waals surface area (Å²) in [5.41, 5.74) is 1.17. The predicted octanol–water partition coefficient (Wildman–Crippen LogP) is 6.10. The van der Waals surface area contributed by atoms with Gasteiger partial charge in [-0.2, -0.15) is 0 Å². The first kappa shape index (κ1) is 24.6. The molecule has 0 saturated carbocycles. The third-order valence-electron chi connectivity index (χ3n) is 5.47. The maximum atomic E-state index is 13.1. The molecule has 2 aromatic rings. The number of pyridine rings is 1. The molecule has 0 spiro atoms. The van der Waals surface area contributed by atoms with Crippen LogP contribution in [-0.2, 0) is 16.1 Å². The first-order chi connectivity index (χ1) is 15.8. The number of hydrogen-bond acceptors (Lipinski definition) is 5. The Morgan fingerprint density at radius 3 is 2.61 bits per heavy atom. The van der Waals surface area contributed by atoms with E-state index in [2.05, 4.69) is 11.9 Å². The lowest BCUT2D eigenvalue weighted by atomic mass is 10.0. The molecular weight excluding hydrogens is 418 g/mol. The maximum absolute atomic E-state index is 13.1. The molecular formula is C26H35N3O4. The van der Waals surface area contributed by atoms with Crippen LogP contribution in [0, 0.1) is 0 Å². The fourth-order valence-corrected chi connectivity index (χ4v) is 3.92. The zero-order valence-corrected chi connectivity index (χ0v) is 20.1. The number of carbonyl (C=O) groups excluding carboxylic acids is 2. The Kier molecular flexibility index (Phi) is 8.31. The van der Waals surface area contributed by atoms with E-state index < -0.39 is 11.7 Å². The van der Waals surface area contributed by atoms with Crippen LogP contribution in [0.2, 0.25) is 0 Å². The van der Waals surface area contributed by atoms with E-state index in [1.807, 2.05) is 63.2 Å². The zero-order chi connectivity index (χ0) is 23.8. The molecule has 2 amide bonds. The molecule has 33 heavy (non-hydrogen) atoms. The number of amides is 2. The summed E-state index contributed by atoms with van der Waals surface area (Å²) in [6, 6.07) is 13.2. The van der Waals surface area contributed by atoms with E-state index in [4.69, 9.17) is 9.47 Å². The van der Waals surface area contributed by atoms with Crippen molar-refractivity contribution in [2.24, 2.45) is 0 Å². The lowest BCUT2D eigenvalue weighted by Gasteiger charge is -2.31. The van der Waals surface area contributed by atoms with Crippen molar-refractivity contribution >= 4 is 18.0 Å². The molecule has 1 fully saturated rings. The molecule has 1 atom stereocenters. The number of carbonyl (C=O) groups is 2. The fourth-order valence-electron chi connectivity index (χ4n) is 3.92. The first-order valence-corrected chi connectivity index (χ1v) is 11.7. The Hall–Kier alpha value is -3.09. The van der Waals surface area contributed by atoms with Gasteiger partial charge in [-0.1, -0.05) is 49.7 Å². The van der Waals surface area contributed by atoms with Gasteiger partial charge in [-0.15, -0.1) is 0 Å². The smallest absolute Gasteiger partial charge is 0.416 e. The Morgan fingerprint density at radius 2 is 1.91 bits per heavy atom. The van der Waals surface area contributed by atoms with Gasteiger partial charge in [0.15, 0.2) is 0 Å². The average Bonchev–Trinajstić information content (AvgIpc) is 3.27. The second-order valence-electron chi connectivity index (χ2n) is 9.29. The van der Waals surface area contributed by atoms with Gasteiger partial charge in [-0.3, -0.25) is 4.90 Å². The molecule has 0 N–H and O–H groups in total. The highest BCUT2D eigenvalue weighted by molar-refractivity contribution is 5.87. The van der Waals surface area contributed by atoms with Gasteiger partial charge in [0.2, 0.25) is 0 Å². The van der Waals surface area contributed by atoms with Crippen LogP contribution < -0.4 is 4.90 Å². The summed E-state index contributed by atoms with van der Waals surface area (Å²) in [4.78, 5) is 33.9. The standard InChI is InChI=1S/C26H35N3O4/c1-5-6-17-29(25(31)33-26(2,3)4)23-21(14-10-16-27-23)22-15-11-18-28(22)24(30)32-19-20-12-8-7-9-13-20/h7-10,12-14,16,22H,5-6,11,15,17-19H2,1-4H3/t22-/m0/s1. The highest BCUT2D eigenvalue weighted by atomic mass is 16.6. The van der Waals surface area contributed by atoms with E-state index in [9.17, 15) is 9.59 Å². The van der Waals surface area contributed by atoms with Gasteiger partial charge >= 0.3 is 12.2 Å². The number of anilines is 1. The number of hydrogen-bond donors (Lipinski definition) is 0. The van der Waals surface area contributed by atoms with Crippen molar-refractivity contribution in [3.63, 3.8) is 0 Å². The largest absolute Gasteiger partial charge is 0.445 e. The highest BCUT2D eigenvalue weighted by Crippen LogP contribution is 2.37. The molecule has 0 radical (unpaired) electrons. The summed E-state index contributed by atoms with van der Waals surface area (Å²) < 4.78 is 11.3. The second-order valence-corrected chi connectivity index (χ2v) is 9.29. The summed E-state index contributed by atoms with van der Waals surface area (Å²) >= 11 is 0. The number of aromatic nitrogens is 1. The molecule has 0 unspecified atom stereocenters. The molecule has 1 saturated heterocycles.